The third-order valence-corrected chi connectivity index (χ3v) is 3.38. The molecule has 1 unspecified atom stereocenters. The Balaban J connectivity index is 1.98. The van der Waals surface area contributed by atoms with Gasteiger partial charge in [-0.25, -0.2) is 4.39 Å². The summed E-state index contributed by atoms with van der Waals surface area (Å²) < 4.78 is 13.6. The van der Waals surface area contributed by atoms with Crippen LogP contribution in [0.5, 0.6) is 0 Å². The van der Waals surface area contributed by atoms with Crippen LogP contribution in [0.25, 0.3) is 0 Å². The van der Waals surface area contributed by atoms with Gasteiger partial charge in [-0.3, -0.25) is 4.99 Å². The van der Waals surface area contributed by atoms with Gasteiger partial charge < -0.3 is 11.1 Å². The Kier molecular flexibility index (Phi) is 4.18. The van der Waals surface area contributed by atoms with E-state index in [1.807, 2.05) is 13.0 Å². The van der Waals surface area contributed by atoms with Gasteiger partial charge in [0.2, 0.25) is 0 Å². The van der Waals surface area contributed by atoms with Crippen molar-refractivity contribution in [1.29, 1.82) is 0 Å². The molecule has 1 atom stereocenters. The molecule has 18 heavy (non-hydrogen) atoms. The first-order valence-corrected chi connectivity index (χ1v) is 6.51. The van der Waals surface area contributed by atoms with Crippen molar-refractivity contribution < 1.29 is 4.39 Å². The zero-order valence-electron chi connectivity index (χ0n) is 10.7. The van der Waals surface area contributed by atoms with E-state index in [0.29, 0.717) is 17.6 Å². The third kappa shape index (κ3) is 3.22. The van der Waals surface area contributed by atoms with Crippen molar-refractivity contribution in [3.63, 3.8) is 0 Å². The number of benzene rings is 1. The highest BCUT2D eigenvalue weighted by atomic mass is 19.1. The van der Waals surface area contributed by atoms with Crippen molar-refractivity contribution in [2.45, 2.75) is 44.7 Å². The van der Waals surface area contributed by atoms with E-state index >= 15 is 0 Å². The van der Waals surface area contributed by atoms with Gasteiger partial charge in [0.1, 0.15) is 5.82 Å². The van der Waals surface area contributed by atoms with Gasteiger partial charge in [-0.2, -0.15) is 0 Å². The lowest BCUT2D eigenvalue weighted by molar-refractivity contribution is 0.576. The van der Waals surface area contributed by atoms with Crippen molar-refractivity contribution in [3.05, 3.63) is 35.6 Å². The SMILES string of the molecule is CC(NC(N)=NC1CCCC1)c1ccccc1F. The molecule has 4 heteroatoms. The van der Waals surface area contributed by atoms with E-state index in [1.54, 1.807) is 12.1 Å². The van der Waals surface area contributed by atoms with Crippen molar-refractivity contribution >= 4 is 5.96 Å². The van der Waals surface area contributed by atoms with Gasteiger partial charge in [0, 0.05) is 5.56 Å². The number of nitrogens with one attached hydrogen (secondary N) is 1. The van der Waals surface area contributed by atoms with Crippen LogP contribution in [0.1, 0.15) is 44.2 Å². The van der Waals surface area contributed by atoms with Gasteiger partial charge >= 0.3 is 0 Å². The standard InChI is InChI=1S/C14H20FN3/c1-10(12-8-4-5-9-13(12)15)17-14(16)18-11-6-2-3-7-11/h4-5,8-11H,2-3,6-7H2,1H3,(H3,16,17,18). The van der Waals surface area contributed by atoms with Gasteiger partial charge in [0.05, 0.1) is 12.1 Å². The van der Waals surface area contributed by atoms with Crippen LogP contribution in [0.3, 0.4) is 0 Å². The number of rotatable bonds is 3. The minimum atomic E-state index is -0.217. The van der Waals surface area contributed by atoms with Crippen LogP contribution >= 0.6 is 0 Å². The van der Waals surface area contributed by atoms with E-state index in [9.17, 15) is 4.39 Å². The number of guanidine groups is 1. The molecule has 0 spiro atoms. The molecule has 1 fully saturated rings. The summed E-state index contributed by atoms with van der Waals surface area (Å²) in [6.07, 6.45) is 4.67. The number of nitrogens with two attached hydrogens (primary N) is 1. The monoisotopic (exact) mass is 249 g/mol. The predicted molar refractivity (Wildman–Crippen MR) is 71.8 cm³/mol. The van der Waals surface area contributed by atoms with Crippen molar-refractivity contribution in [3.8, 4) is 0 Å². The molecule has 98 valence electrons. The second kappa shape index (κ2) is 5.85. The van der Waals surface area contributed by atoms with Gasteiger partial charge in [-0.15, -0.1) is 0 Å². The predicted octanol–water partition coefficient (Wildman–Crippen LogP) is 2.73. The summed E-state index contributed by atoms with van der Waals surface area (Å²) in [6.45, 7) is 1.88. The molecule has 1 aromatic carbocycles. The Hall–Kier alpha value is -1.58. The number of aliphatic imine (C=N–C) groups is 1. The quantitative estimate of drug-likeness (QED) is 0.639. The fourth-order valence-electron chi connectivity index (χ4n) is 2.39. The normalized spacial score (nSPS) is 18.9. The maximum atomic E-state index is 13.6. The van der Waals surface area contributed by atoms with Gasteiger partial charge in [0.25, 0.3) is 0 Å². The molecule has 1 aromatic rings. The van der Waals surface area contributed by atoms with Crippen LogP contribution in [-0.4, -0.2) is 12.0 Å². The van der Waals surface area contributed by atoms with Crippen molar-refractivity contribution in [2.24, 2.45) is 10.7 Å². The fraction of sp³-hybridized carbons (Fsp3) is 0.500. The molecular formula is C14H20FN3. The first kappa shape index (κ1) is 12.9. The first-order chi connectivity index (χ1) is 8.66. The molecular weight excluding hydrogens is 229 g/mol. The molecule has 0 aliphatic heterocycles. The third-order valence-electron chi connectivity index (χ3n) is 3.38. The Bertz CT molecular complexity index is 425. The Morgan fingerprint density at radius 3 is 2.72 bits per heavy atom. The van der Waals surface area contributed by atoms with Crippen molar-refractivity contribution in [2.75, 3.05) is 0 Å². The van der Waals surface area contributed by atoms with E-state index in [0.717, 1.165) is 12.8 Å². The lowest BCUT2D eigenvalue weighted by Gasteiger charge is -2.16. The van der Waals surface area contributed by atoms with Crippen LogP contribution < -0.4 is 11.1 Å². The zero-order chi connectivity index (χ0) is 13.0. The smallest absolute Gasteiger partial charge is 0.189 e. The molecule has 0 saturated heterocycles. The summed E-state index contributed by atoms with van der Waals surface area (Å²) in [4.78, 5) is 4.43. The highest BCUT2D eigenvalue weighted by molar-refractivity contribution is 5.78. The number of halogens is 1. The molecule has 0 aromatic heterocycles. The molecule has 1 aliphatic carbocycles. The molecule has 0 amide bonds. The second-order valence-corrected chi connectivity index (χ2v) is 4.84. The van der Waals surface area contributed by atoms with E-state index in [2.05, 4.69) is 10.3 Å². The molecule has 0 heterocycles. The topological polar surface area (TPSA) is 50.4 Å². The molecule has 1 aliphatic rings. The zero-order valence-corrected chi connectivity index (χ0v) is 10.7. The summed E-state index contributed by atoms with van der Waals surface area (Å²) in [7, 11) is 0. The highest BCUT2D eigenvalue weighted by Gasteiger charge is 2.15. The lowest BCUT2D eigenvalue weighted by Crippen LogP contribution is -2.35. The summed E-state index contributed by atoms with van der Waals surface area (Å²) in [5, 5.41) is 3.05. The molecule has 3 N–H and O–H groups in total. The number of nitrogens with zero attached hydrogens (tertiary/aromatic N) is 1. The molecule has 3 nitrogen and oxygen atoms in total. The van der Waals surface area contributed by atoms with Crippen LogP contribution in [0.4, 0.5) is 4.39 Å². The van der Waals surface area contributed by atoms with E-state index in [1.165, 1.54) is 18.9 Å². The maximum Gasteiger partial charge on any atom is 0.189 e. The lowest BCUT2D eigenvalue weighted by atomic mass is 10.1. The minimum Gasteiger partial charge on any atom is -0.370 e. The Morgan fingerprint density at radius 2 is 2.06 bits per heavy atom. The fourth-order valence-corrected chi connectivity index (χ4v) is 2.39. The van der Waals surface area contributed by atoms with E-state index in [-0.39, 0.29) is 11.9 Å². The van der Waals surface area contributed by atoms with E-state index < -0.39 is 0 Å². The summed E-state index contributed by atoms with van der Waals surface area (Å²) >= 11 is 0. The summed E-state index contributed by atoms with van der Waals surface area (Å²) in [5.41, 5.74) is 6.47. The highest BCUT2D eigenvalue weighted by Crippen LogP contribution is 2.21. The van der Waals surface area contributed by atoms with E-state index in [4.69, 9.17) is 5.73 Å². The first-order valence-electron chi connectivity index (χ1n) is 6.51. The largest absolute Gasteiger partial charge is 0.370 e. The van der Waals surface area contributed by atoms with Gasteiger partial charge in [-0.1, -0.05) is 31.0 Å². The Labute approximate surface area is 107 Å². The summed E-state index contributed by atoms with van der Waals surface area (Å²) in [5.74, 6) is 0.198. The van der Waals surface area contributed by atoms with Crippen LogP contribution in [0.2, 0.25) is 0 Å². The van der Waals surface area contributed by atoms with Crippen molar-refractivity contribution in [1.82, 2.24) is 5.32 Å². The van der Waals surface area contributed by atoms with Gasteiger partial charge in [-0.05, 0) is 25.8 Å². The number of hydrogen-bond acceptors (Lipinski definition) is 1. The molecule has 2 rings (SSSR count). The molecule has 0 radical (unpaired) electrons. The molecule has 0 bridgehead atoms. The minimum absolute atomic E-state index is 0.170. The van der Waals surface area contributed by atoms with Crippen LogP contribution in [-0.2, 0) is 0 Å². The summed E-state index contributed by atoms with van der Waals surface area (Å²) in [6, 6.07) is 6.89. The average molecular weight is 249 g/mol. The van der Waals surface area contributed by atoms with Crippen LogP contribution in [0, 0.1) is 5.82 Å². The van der Waals surface area contributed by atoms with Crippen LogP contribution in [0.15, 0.2) is 29.3 Å². The maximum absolute atomic E-state index is 13.6. The Morgan fingerprint density at radius 1 is 1.39 bits per heavy atom. The number of hydrogen-bond donors (Lipinski definition) is 2. The molecule has 1 saturated carbocycles. The van der Waals surface area contributed by atoms with Gasteiger partial charge in [0.15, 0.2) is 5.96 Å². The average Bonchev–Trinajstić information content (AvgIpc) is 2.82. The second-order valence-electron chi connectivity index (χ2n) is 4.84.